The van der Waals surface area contributed by atoms with Gasteiger partial charge < -0.3 is 14.8 Å². The Morgan fingerprint density at radius 3 is 2.14 bits per heavy atom. The molecule has 0 heterocycles. The van der Waals surface area contributed by atoms with Crippen LogP contribution >= 0.6 is 0 Å². The second kappa shape index (κ2) is 8.22. The quantitative estimate of drug-likeness (QED) is 0.610. The molecule has 0 aromatic heterocycles. The van der Waals surface area contributed by atoms with Gasteiger partial charge in [-0.2, -0.15) is 0 Å². The van der Waals surface area contributed by atoms with Crippen molar-refractivity contribution < 1.29 is 17.9 Å². The third kappa shape index (κ3) is 4.37. The number of rotatable bonds is 7. The van der Waals surface area contributed by atoms with Crippen LogP contribution < -0.4 is 19.5 Å². The molecule has 7 heteroatoms. The fraction of sp³-hybridized carbons (Fsp3) is 0.143. The summed E-state index contributed by atoms with van der Waals surface area (Å²) in [6.45, 7) is 1.73. The van der Waals surface area contributed by atoms with E-state index in [9.17, 15) is 8.42 Å². The normalized spacial score (nSPS) is 11.0. The number of anilines is 3. The smallest absolute Gasteiger partial charge is 0.262 e. The van der Waals surface area contributed by atoms with E-state index in [0.717, 1.165) is 17.1 Å². The topological polar surface area (TPSA) is 76.7 Å². The second-order valence-corrected chi connectivity index (χ2v) is 7.79. The average molecular weight is 398 g/mol. The Bertz CT molecular complexity index is 1060. The minimum absolute atomic E-state index is 0.213. The van der Waals surface area contributed by atoms with Crippen molar-refractivity contribution in [2.45, 2.75) is 11.8 Å². The van der Waals surface area contributed by atoms with E-state index in [1.54, 1.807) is 57.5 Å². The standard InChI is InChI=1S/C21H22N2O4S/c1-15-14-18(26-2)12-13-21(15)28(24,25)23-17-10-8-16(9-11-17)22-19-6-4-5-7-20(19)27-3/h4-14,22-23H,1-3H3. The molecular weight excluding hydrogens is 376 g/mol. The number of methoxy groups -OCH3 is 2. The van der Waals surface area contributed by atoms with Crippen molar-refractivity contribution in [1.82, 2.24) is 0 Å². The highest BCUT2D eigenvalue weighted by Crippen LogP contribution is 2.28. The van der Waals surface area contributed by atoms with Crippen LogP contribution in [-0.4, -0.2) is 22.6 Å². The Morgan fingerprint density at radius 1 is 0.821 bits per heavy atom. The predicted molar refractivity (Wildman–Crippen MR) is 111 cm³/mol. The third-order valence-electron chi connectivity index (χ3n) is 4.19. The fourth-order valence-corrected chi connectivity index (χ4v) is 4.07. The summed E-state index contributed by atoms with van der Waals surface area (Å²) in [7, 11) is -0.543. The number of sulfonamides is 1. The number of nitrogens with one attached hydrogen (secondary N) is 2. The number of para-hydroxylation sites is 2. The van der Waals surface area contributed by atoms with Gasteiger partial charge in [0.25, 0.3) is 10.0 Å². The van der Waals surface area contributed by atoms with Crippen LogP contribution in [0.5, 0.6) is 11.5 Å². The molecule has 0 saturated carbocycles. The van der Waals surface area contributed by atoms with Crippen molar-refractivity contribution in [3.8, 4) is 11.5 Å². The molecule has 3 rings (SSSR count). The first-order valence-corrected chi connectivity index (χ1v) is 10.1. The van der Waals surface area contributed by atoms with Gasteiger partial charge in [0.1, 0.15) is 11.5 Å². The number of benzene rings is 3. The Balaban J connectivity index is 1.76. The maximum Gasteiger partial charge on any atom is 0.262 e. The minimum Gasteiger partial charge on any atom is -0.497 e. The highest BCUT2D eigenvalue weighted by Gasteiger charge is 2.17. The molecule has 0 unspecified atom stereocenters. The maximum atomic E-state index is 12.7. The summed E-state index contributed by atoms with van der Waals surface area (Å²) in [5.74, 6) is 1.34. The van der Waals surface area contributed by atoms with Gasteiger partial charge in [0.15, 0.2) is 0 Å². The lowest BCUT2D eigenvalue weighted by Gasteiger charge is -2.13. The maximum absolute atomic E-state index is 12.7. The van der Waals surface area contributed by atoms with Crippen LogP contribution in [0.1, 0.15) is 5.56 Å². The van der Waals surface area contributed by atoms with Gasteiger partial charge in [-0.3, -0.25) is 4.72 Å². The van der Waals surface area contributed by atoms with Gasteiger partial charge >= 0.3 is 0 Å². The summed E-state index contributed by atoms with van der Waals surface area (Å²) in [5, 5.41) is 3.25. The largest absolute Gasteiger partial charge is 0.497 e. The zero-order valence-corrected chi connectivity index (χ0v) is 16.7. The van der Waals surface area contributed by atoms with Crippen molar-refractivity contribution in [1.29, 1.82) is 0 Å². The Morgan fingerprint density at radius 2 is 1.50 bits per heavy atom. The second-order valence-electron chi connectivity index (χ2n) is 6.14. The van der Waals surface area contributed by atoms with E-state index < -0.39 is 10.0 Å². The summed E-state index contributed by atoms with van der Waals surface area (Å²) in [5.41, 5.74) is 2.72. The zero-order chi connectivity index (χ0) is 20.1. The minimum atomic E-state index is -3.70. The highest BCUT2D eigenvalue weighted by molar-refractivity contribution is 7.92. The molecular formula is C21H22N2O4S. The zero-order valence-electron chi connectivity index (χ0n) is 15.9. The van der Waals surface area contributed by atoms with Crippen LogP contribution in [0.15, 0.2) is 71.6 Å². The monoisotopic (exact) mass is 398 g/mol. The lowest BCUT2D eigenvalue weighted by molar-refractivity contribution is 0.414. The van der Waals surface area contributed by atoms with E-state index in [-0.39, 0.29) is 4.90 Å². The van der Waals surface area contributed by atoms with E-state index in [4.69, 9.17) is 9.47 Å². The van der Waals surface area contributed by atoms with Gasteiger partial charge in [-0.1, -0.05) is 12.1 Å². The van der Waals surface area contributed by atoms with Crippen LogP contribution in [0.4, 0.5) is 17.1 Å². The Hall–Kier alpha value is -3.19. The summed E-state index contributed by atoms with van der Waals surface area (Å²) in [6.07, 6.45) is 0. The summed E-state index contributed by atoms with van der Waals surface area (Å²) >= 11 is 0. The van der Waals surface area contributed by atoms with Gasteiger partial charge in [-0.25, -0.2) is 8.42 Å². The van der Waals surface area contributed by atoms with Gasteiger partial charge in [0.2, 0.25) is 0 Å². The van der Waals surface area contributed by atoms with Crippen molar-refractivity contribution in [2.24, 2.45) is 0 Å². The fourth-order valence-electron chi connectivity index (χ4n) is 2.79. The summed E-state index contributed by atoms with van der Waals surface area (Å²) < 4.78 is 38.4. The van der Waals surface area contributed by atoms with Crippen molar-refractivity contribution in [2.75, 3.05) is 24.3 Å². The molecule has 0 spiro atoms. The predicted octanol–water partition coefficient (Wildman–Crippen LogP) is 4.56. The van der Waals surface area contributed by atoms with Gasteiger partial charge in [-0.15, -0.1) is 0 Å². The van der Waals surface area contributed by atoms with Gasteiger partial charge in [0, 0.05) is 11.4 Å². The van der Waals surface area contributed by atoms with Crippen molar-refractivity contribution >= 4 is 27.1 Å². The molecule has 0 aliphatic carbocycles. The molecule has 0 saturated heterocycles. The van der Waals surface area contributed by atoms with Crippen LogP contribution in [0, 0.1) is 6.92 Å². The Labute approximate surface area is 165 Å². The van der Waals surface area contributed by atoms with Gasteiger partial charge in [0.05, 0.1) is 24.8 Å². The molecule has 0 aliphatic rings. The van der Waals surface area contributed by atoms with E-state index in [1.807, 2.05) is 24.3 Å². The third-order valence-corrected chi connectivity index (χ3v) is 5.74. The molecule has 2 N–H and O–H groups in total. The molecule has 3 aromatic rings. The number of ether oxygens (including phenoxy) is 2. The molecule has 146 valence electrons. The number of hydrogen-bond donors (Lipinski definition) is 2. The van der Waals surface area contributed by atoms with E-state index in [1.165, 1.54) is 6.07 Å². The molecule has 3 aromatic carbocycles. The molecule has 0 aliphatic heterocycles. The summed E-state index contributed by atoms with van der Waals surface area (Å²) in [4.78, 5) is 0.213. The molecule has 0 fully saturated rings. The first kappa shape index (κ1) is 19.6. The number of aryl methyl sites for hydroxylation is 1. The molecule has 6 nitrogen and oxygen atoms in total. The first-order chi connectivity index (χ1) is 13.4. The molecule has 28 heavy (non-hydrogen) atoms. The van der Waals surface area contributed by atoms with Crippen molar-refractivity contribution in [3.63, 3.8) is 0 Å². The van der Waals surface area contributed by atoms with Crippen LogP contribution in [0.2, 0.25) is 0 Å². The van der Waals surface area contributed by atoms with Crippen molar-refractivity contribution in [3.05, 3.63) is 72.3 Å². The lowest BCUT2D eigenvalue weighted by atomic mass is 10.2. The van der Waals surface area contributed by atoms with E-state index in [0.29, 0.717) is 17.0 Å². The first-order valence-electron chi connectivity index (χ1n) is 8.60. The molecule has 0 atom stereocenters. The van der Waals surface area contributed by atoms with Crippen LogP contribution in [0.25, 0.3) is 0 Å². The lowest BCUT2D eigenvalue weighted by Crippen LogP contribution is -2.14. The molecule has 0 bridgehead atoms. The molecule has 0 radical (unpaired) electrons. The Kier molecular flexibility index (Phi) is 5.75. The highest BCUT2D eigenvalue weighted by atomic mass is 32.2. The number of hydrogen-bond acceptors (Lipinski definition) is 5. The van der Waals surface area contributed by atoms with Crippen LogP contribution in [0.3, 0.4) is 0 Å². The van der Waals surface area contributed by atoms with Crippen LogP contribution in [-0.2, 0) is 10.0 Å². The van der Waals surface area contributed by atoms with Gasteiger partial charge in [-0.05, 0) is 67.1 Å². The van der Waals surface area contributed by atoms with E-state index in [2.05, 4.69) is 10.0 Å². The van der Waals surface area contributed by atoms with E-state index >= 15 is 0 Å². The summed E-state index contributed by atoms with van der Waals surface area (Å²) in [6, 6.07) is 19.4. The SMILES string of the molecule is COc1ccc(S(=O)(=O)Nc2ccc(Nc3ccccc3OC)cc2)c(C)c1. The molecule has 0 amide bonds. The average Bonchev–Trinajstić information content (AvgIpc) is 2.69.